The van der Waals surface area contributed by atoms with Gasteiger partial charge in [-0.2, -0.15) is 0 Å². The molecule has 66 valence electrons. The summed E-state index contributed by atoms with van der Waals surface area (Å²) in [6.07, 6.45) is 1.15. The van der Waals surface area contributed by atoms with Crippen molar-refractivity contribution in [3.05, 3.63) is 22.7 Å². The summed E-state index contributed by atoms with van der Waals surface area (Å²) in [6, 6.07) is 4.75. The monoisotopic (exact) mass is 249 g/mol. The van der Waals surface area contributed by atoms with E-state index in [0.29, 0.717) is 10.2 Å². The summed E-state index contributed by atoms with van der Waals surface area (Å²) < 4.78 is 22.7. The van der Waals surface area contributed by atoms with Crippen LogP contribution in [0.25, 0.3) is 0 Å². The maximum atomic E-state index is 11.1. The Hall–Kier alpha value is -0.550. The lowest BCUT2D eigenvalue weighted by atomic mass is 10.3. The third kappa shape index (κ3) is 1.78. The van der Waals surface area contributed by atoms with Gasteiger partial charge in [-0.15, -0.1) is 0 Å². The average Bonchev–Trinajstić information content (AvgIpc) is 1.92. The number of halogens is 1. The molecule has 0 radical (unpaired) electrons. The first-order valence-corrected chi connectivity index (χ1v) is 5.85. The fourth-order valence-corrected chi connectivity index (χ4v) is 2.73. The highest BCUT2D eigenvalue weighted by atomic mass is 79.9. The molecule has 1 aromatic carbocycles. The van der Waals surface area contributed by atoms with Crippen molar-refractivity contribution in [2.45, 2.75) is 4.90 Å². The Kier molecular flexibility index (Phi) is 2.44. The molecule has 0 amide bonds. The summed E-state index contributed by atoms with van der Waals surface area (Å²) in [5.74, 6) is 0. The molecule has 0 saturated carbocycles. The van der Waals surface area contributed by atoms with Crippen molar-refractivity contribution in [2.24, 2.45) is 0 Å². The topological polar surface area (TPSA) is 60.2 Å². The molecule has 3 nitrogen and oxygen atoms in total. The van der Waals surface area contributed by atoms with Crippen LogP contribution >= 0.6 is 15.9 Å². The molecule has 0 atom stereocenters. The Labute approximate surface area is 79.6 Å². The second kappa shape index (κ2) is 3.06. The van der Waals surface area contributed by atoms with Gasteiger partial charge in [0.2, 0.25) is 0 Å². The molecule has 0 aliphatic rings. The second-order valence-electron chi connectivity index (χ2n) is 2.43. The molecule has 0 saturated heterocycles. The van der Waals surface area contributed by atoms with Crippen molar-refractivity contribution >= 4 is 31.5 Å². The lowest BCUT2D eigenvalue weighted by molar-refractivity contribution is 0.601. The summed E-state index contributed by atoms with van der Waals surface area (Å²) in [4.78, 5) is 0.225. The lowest BCUT2D eigenvalue weighted by Crippen LogP contribution is -2.00. The van der Waals surface area contributed by atoms with E-state index < -0.39 is 9.84 Å². The fourth-order valence-electron chi connectivity index (χ4n) is 0.814. The van der Waals surface area contributed by atoms with Crippen LogP contribution in [-0.2, 0) is 9.84 Å². The van der Waals surface area contributed by atoms with Gasteiger partial charge in [0.05, 0.1) is 9.37 Å². The predicted octanol–water partition coefficient (Wildman–Crippen LogP) is 1.43. The van der Waals surface area contributed by atoms with Gasteiger partial charge in [-0.05, 0) is 28.1 Å². The molecule has 0 aliphatic heterocycles. The van der Waals surface area contributed by atoms with E-state index in [4.69, 9.17) is 5.73 Å². The third-order valence-electron chi connectivity index (χ3n) is 1.39. The van der Waals surface area contributed by atoms with Crippen LogP contribution in [0.2, 0.25) is 0 Å². The molecule has 0 aliphatic carbocycles. The molecule has 2 N–H and O–H groups in total. The van der Waals surface area contributed by atoms with Crippen LogP contribution in [-0.4, -0.2) is 14.7 Å². The number of hydrogen-bond donors (Lipinski definition) is 1. The van der Waals surface area contributed by atoms with Crippen molar-refractivity contribution in [3.63, 3.8) is 0 Å². The van der Waals surface area contributed by atoms with Crippen LogP contribution in [0.5, 0.6) is 0 Å². The largest absolute Gasteiger partial charge is 0.398 e. The van der Waals surface area contributed by atoms with Gasteiger partial charge in [0.15, 0.2) is 9.84 Å². The number of nitrogens with two attached hydrogens (primary N) is 1. The highest BCUT2D eigenvalue weighted by molar-refractivity contribution is 9.10. The lowest BCUT2D eigenvalue weighted by Gasteiger charge is -2.03. The Balaban J connectivity index is 3.47. The Morgan fingerprint density at radius 3 is 2.42 bits per heavy atom. The first-order valence-electron chi connectivity index (χ1n) is 3.17. The molecule has 0 spiro atoms. The summed E-state index contributed by atoms with van der Waals surface area (Å²) >= 11 is 3.11. The van der Waals surface area contributed by atoms with Crippen molar-refractivity contribution in [2.75, 3.05) is 12.0 Å². The summed E-state index contributed by atoms with van der Waals surface area (Å²) in [5, 5.41) is 0. The van der Waals surface area contributed by atoms with Gasteiger partial charge in [-0.3, -0.25) is 0 Å². The minimum absolute atomic E-state index is 0.225. The van der Waals surface area contributed by atoms with E-state index in [2.05, 4.69) is 15.9 Å². The summed E-state index contributed by atoms with van der Waals surface area (Å²) in [7, 11) is -3.18. The minimum Gasteiger partial charge on any atom is -0.398 e. The van der Waals surface area contributed by atoms with E-state index in [9.17, 15) is 8.42 Å². The van der Waals surface area contributed by atoms with E-state index in [-0.39, 0.29) is 4.90 Å². The van der Waals surface area contributed by atoms with Crippen LogP contribution in [0.4, 0.5) is 5.69 Å². The molecule has 1 aromatic rings. The molecule has 0 fully saturated rings. The van der Waals surface area contributed by atoms with Gasteiger partial charge in [-0.25, -0.2) is 8.42 Å². The first kappa shape index (κ1) is 9.54. The molecule has 1 rings (SSSR count). The Bertz CT molecular complexity index is 400. The van der Waals surface area contributed by atoms with Crippen LogP contribution in [0, 0.1) is 0 Å². The van der Waals surface area contributed by atoms with Gasteiger partial charge < -0.3 is 5.73 Å². The van der Waals surface area contributed by atoms with E-state index in [1.54, 1.807) is 12.1 Å². The van der Waals surface area contributed by atoms with Gasteiger partial charge >= 0.3 is 0 Å². The van der Waals surface area contributed by atoms with Gasteiger partial charge in [0, 0.05) is 11.9 Å². The van der Waals surface area contributed by atoms with E-state index in [1.165, 1.54) is 6.07 Å². The van der Waals surface area contributed by atoms with Crippen LogP contribution in [0.3, 0.4) is 0 Å². The zero-order valence-corrected chi connectivity index (χ0v) is 8.81. The quantitative estimate of drug-likeness (QED) is 0.767. The van der Waals surface area contributed by atoms with Gasteiger partial charge in [-0.1, -0.05) is 6.07 Å². The smallest absolute Gasteiger partial charge is 0.176 e. The van der Waals surface area contributed by atoms with Crippen LogP contribution in [0.15, 0.2) is 27.6 Å². The number of sulfone groups is 1. The molecule has 5 heteroatoms. The molecular formula is C7H8BrNO2S. The molecular weight excluding hydrogens is 242 g/mol. The first-order chi connectivity index (χ1) is 5.43. The molecule has 0 bridgehead atoms. The molecule has 0 heterocycles. The highest BCUT2D eigenvalue weighted by Crippen LogP contribution is 2.27. The molecule has 0 aromatic heterocycles. The average molecular weight is 250 g/mol. The maximum absolute atomic E-state index is 11.1. The van der Waals surface area contributed by atoms with Crippen molar-refractivity contribution in [3.8, 4) is 0 Å². The number of nitrogen functional groups attached to an aromatic ring is 1. The Morgan fingerprint density at radius 1 is 1.42 bits per heavy atom. The predicted molar refractivity (Wildman–Crippen MR) is 51.7 cm³/mol. The SMILES string of the molecule is CS(=O)(=O)c1cccc(N)c1Br. The standard InChI is InChI=1S/C7H8BrNO2S/c1-12(10,11)6-4-2-3-5(9)7(6)8/h2-4H,9H2,1H3. The normalized spacial score (nSPS) is 11.5. The second-order valence-corrected chi connectivity index (χ2v) is 5.21. The van der Waals surface area contributed by atoms with Gasteiger partial charge in [0.25, 0.3) is 0 Å². The molecule has 0 unspecified atom stereocenters. The Morgan fingerprint density at radius 2 is 2.00 bits per heavy atom. The number of anilines is 1. The van der Waals surface area contributed by atoms with E-state index in [1.807, 2.05) is 0 Å². The maximum Gasteiger partial charge on any atom is 0.176 e. The minimum atomic E-state index is -3.18. The van der Waals surface area contributed by atoms with E-state index in [0.717, 1.165) is 6.26 Å². The van der Waals surface area contributed by atoms with Crippen molar-refractivity contribution < 1.29 is 8.42 Å². The summed E-state index contributed by atoms with van der Waals surface area (Å²) in [6.45, 7) is 0. The van der Waals surface area contributed by atoms with Gasteiger partial charge in [0.1, 0.15) is 0 Å². The number of benzene rings is 1. The zero-order chi connectivity index (χ0) is 9.35. The summed E-state index contributed by atoms with van der Waals surface area (Å²) in [5.41, 5.74) is 5.93. The van der Waals surface area contributed by atoms with Crippen molar-refractivity contribution in [1.29, 1.82) is 0 Å². The number of hydrogen-bond acceptors (Lipinski definition) is 3. The van der Waals surface area contributed by atoms with Crippen molar-refractivity contribution in [1.82, 2.24) is 0 Å². The third-order valence-corrected chi connectivity index (χ3v) is 3.68. The van der Waals surface area contributed by atoms with Crippen LogP contribution < -0.4 is 5.73 Å². The molecule has 12 heavy (non-hydrogen) atoms. The van der Waals surface area contributed by atoms with E-state index >= 15 is 0 Å². The number of rotatable bonds is 1. The highest BCUT2D eigenvalue weighted by Gasteiger charge is 2.12. The zero-order valence-electron chi connectivity index (χ0n) is 6.41. The van der Waals surface area contributed by atoms with Crippen LogP contribution in [0.1, 0.15) is 0 Å². The fraction of sp³-hybridized carbons (Fsp3) is 0.143.